The van der Waals surface area contributed by atoms with E-state index in [1.54, 1.807) is 16.4 Å². The van der Waals surface area contributed by atoms with E-state index in [9.17, 15) is 9.59 Å². The van der Waals surface area contributed by atoms with Gasteiger partial charge in [-0.15, -0.1) is 0 Å². The maximum atomic E-state index is 12.1. The van der Waals surface area contributed by atoms with E-state index in [0.29, 0.717) is 12.5 Å². The molecule has 1 aromatic carbocycles. The van der Waals surface area contributed by atoms with E-state index in [-0.39, 0.29) is 12.1 Å². The number of rotatable bonds is 5. The predicted molar refractivity (Wildman–Crippen MR) is 81.9 cm³/mol. The Hall–Kier alpha value is -2.50. The van der Waals surface area contributed by atoms with Gasteiger partial charge < -0.3 is 10.1 Å². The summed E-state index contributed by atoms with van der Waals surface area (Å²) < 4.78 is 8.40. The molecule has 0 radical (unpaired) electrons. The molecule has 6 nitrogen and oxygen atoms in total. The molecule has 116 valence electrons. The molecule has 0 saturated heterocycles. The zero-order chi connectivity index (χ0) is 15.5. The number of nitrogens with one attached hydrogen (secondary N) is 1. The van der Waals surface area contributed by atoms with Crippen LogP contribution in [0.1, 0.15) is 18.5 Å². The quantitative estimate of drug-likeness (QED) is 0.916. The van der Waals surface area contributed by atoms with Gasteiger partial charge in [-0.1, -0.05) is 18.2 Å². The van der Waals surface area contributed by atoms with Gasteiger partial charge in [-0.05, 0) is 30.9 Å². The van der Waals surface area contributed by atoms with E-state index < -0.39 is 6.09 Å². The van der Waals surface area contributed by atoms with Crippen molar-refractivity contribution in [1.82, 2.24) is 14.7 Å². The Kier molecular flexibility index (Phi) is 4.00. The summed E-state index contributed by atoms with van der Waals surface area (Å²) in [4.78, 5) is 23.7. The third-order valence-electron chi connectivity index (χ3n) is 3.78. The number of carbonyl (C=O) groups is 1. The molecule has 0 aliphatic heterocycles. The maximum Gasteiger partial charge on any atom is 0.407 e. The van der Waals surface area contributed by atoms with E-state index in [0.717, 1.165) is 24.2 Å². The minimum absolute atomic E-state index is 0.128. The van der Waals surface area contributed by atoms with E-state index in [1.165, 1.54) is 6.07 Å². The zero-order valence-corrected chi connectivity index (χ0v) is 12.5. The van der Waals surface area contributed by atoms with Gasteiger partial charge in [0.25, 0.3) is 5.56 Å². The highest BCUT2D eigenvalue weighted by Crippen LogP contribution is 2.28. The van der Waals surface area contributed by atoms with Crippen LogP contribution in [-0.2, 0) is 18.3 Å². The Balaban J connectivity index is 1.67. The van der Waals surface area contributed by atoms with Gasteiger partial charge in [0.15, 0.2) is 0 Å². The van der Waals surface area contributed by atoms with Crippen molar-refractivity contribution in [3.63, 3.8) is 0 Å². The topological polar surface area (TPSA) is 65.3 Å². The molecule has 2 aromatic rings. The summed E-state index contributed by atoms with van der Waals surface area (Å²) in [5.74, 6) is 0.536. The number of alkyl carbamates (subject to hydrolysis) is 1. The van der Waals surface area contributed by atoms with Gasteiger partial charge >= 0.3 is 6.09 Å². The van der Waals surface area contributed by atoms with Crippen molar-refractivity contribution in [2.24, 2.45) is 13.0 Å². The number of aromatic nitrogens is 2. The van der Waals surface area contributed by atoms with Crippen molar-refractivity contribution >= 4 is 6.09 Å². The number of amides is 1. The van der Waals surface area contributed by atoms with Gasteiger partial charge in [-0.25, -0.2) is 9.48 Å². The molecule has 22 heavy (non-hydrogen) atoms. The lowest BCUT2D eigenvalue weighted by Gasteiger charge is -2.11. The summed E-state index contributed by atoms with van der Waals surface area (Å²) in [7, 11) is 1.79. The average molecular weight is 301 g/mol. The Bertz CT molecular complexity index is 714. The van der Waals surface area contributed by atoms with Gasteiger partial charge in [0.2, 0.25) is 0 Å². The number of hydrogen-bond donors (Lipinski definition) is 1. The molecular weight excluding hydrogens is 282 g/mol. The third-order valence-corrected chi connectivity index (χ3v) is 3.78. The predicted octanol–water partition coefficient (Wildman–Crippen LogP) is 1.81. The summed E-state index contributed by atoms with van der Waals surface area (Å²) in [6.45, 7) is 0.741. The lowest BCUT2D eigenvalue weighted by Crippen LogP contribution is -2.26. The van der Waals surface area contributed by atoms with Crippen molar-refractivity contribution in [3.05, 3.63) is 52.4 Å². The molecule has 1 aliphatic rings. The second kappa shape index (κ2) is 6.09. The lowest BCUT2D eigenvalue weighted by molar-refractivity contribution is 0.140. The van der Waals surface area contributed by atoms with E-state index >= 15 is 0 Å². The van der Waals surface area contributed by atoms with Crippen molar-refractivity contribution in [1.29, 1.82) is 0 Å². The summed E-state index contributed by atoms with van der Waals surface area (Å²) in [5, 5.41) is 2.68. The molecule has 3 rings (SSSR count). The summed E-state index contributed by atoms with van der Waals surface area (Å²) in [6, 6.07) is 10.9. The van der Waals surface area contributed by atoms with Crippen LogP contribution in [0.4, 0.5) is 4.79 Å². The molecule has 1 saturated carbocycles. The first-order chi connectivity index (χ1) is 10.6. The molecule has 1 aliphatic carbocycles. The standard InChI is InChI=1S/C16H19N3O3/c1-18-14(10-17-16(21)22-11-12-7-8-12)9-15(20)19(18)13-5-3-2-4-6-13/h2-6,9,12H,7-8,10-11H2,1H3,(H,17,21). The van der Waals surface area contributed by atoms with Gasteiger partial charge in [0.05, 0.1) is 24.5 Å². The van der Waals surface area contributed by atoms with Crippen LogP contribution in [0.3, 0.4) is 0 Å². The number of nitrogens with zero attached hydrogens (tertiary/aromatic N) is 2. The third kappa shape index (κ3) is 3.21. The molecule has 1 heterocycles. The van der Waals surface area contributed by atoms with E-state index in [1.807, 2.05) is 30.3 Å². The molecule has 0 bridgehead atoms. The van der Waals surface area contributed by atoms with E-state index in [4.69, 9.17) is 4.74 Å². The Labute approximate surface area is 128 Å². The number of hydrogen-bond acceptors (Lipinski definition) is 3. The Morgan fingerprint density at radius 2 is 2.05 bits per heavy atom. The lowest BCUT2D eigenvalue weighted by atomic mass is 10.3. The fraction of sp³-hybridized carbons (Fsp3) is 0.375. The molecule has 0 atom stereocenters. The SMILES string of the molecule is Cn1c(CNC(=O)OCC2CC2)cc(=O)n1-c1ccccc1. The normalized spacial score (nSPS) is 13.9. The second-order valence-corrected chi connectivity index (χ2v) is 5.54. The minimum Gasteiger partial charge on any atom is -0.449 e. The molecule has 0 spiro atoms. The van der Waals surface area contributed by atoms with Crippen LogP contribution in [0, 0.1) is 5.92 Å². The summed E-state index contributed by atoms with van der Waals surface area (Å²) in [6.07, 6.45) is 1.84. The van der Waals surface area contributed by atoms with Crippen LogP contribution in [0.15, 0.2) is 41.2 Å². The first-order valence-electron chi connectivity index (χ1n) is 7.39. The van der Waals surface area contributed by atoms with Crippen molar-refractivity contribution in [2.45, 2.75) is 19.4 Å². The second-order valence-electron chi connectivity index (χ2n) is 5.54. The van der Waals surface area contributed by atoms with Crippen LogP contribution >= 0.6 is 0 Å². The minimum atomic E-state index is -0.438. The van der Waals surface area contributed by atoms with Crippen molar-refractivity contribution in [3.8, 4) is 5.69 Å². The fourth-order valence-electron chi connectivity index (χ4n) is 2.30. The largest absolute Gasteiger partial charge is 0.449 e. The maximum absolute atomic E-state index is 12.1. The van der Waals surface area contributed by atoms with Gasteiger partial charge in [-0.3, -0.25) is 9.48 Å². The summed E-state index contributed by atoms with van der Waals surface area (Å²) >= 11 is 0. The number of para-hydroxylation sites is 1. The molecule has 1 aromatic heterocycles. The highest BCUT2D eigenvalue weighted by Gasteiger charge is 2.23. The first kappa shape index (κ1) is 14.4. The Morgan fingerprint density at radius 3 is 2.73 bits per heavy atom. The van der Waals surface area contributed by atoms with Crippen LogP contribution < -0.4 is 10.9 Å². The monoisotopic (exact) mass is 301 g/mol. The van der Waals surface area contributed by atoms with Crippen LogP contribution in [0.25, 0.3) is 5.69 Å². The van der Waals surface area contributed by atoms with Gasteiger partial charge in [-0.2, -0.15) is 0 Å². The van der Waals surface area contributed by atoms with Gasteiger partial charge in [0, 0.05) is 13.1 Å². The number of benzene rings is 1. The highest BCUT2D eigenvalue weighted by molar-refractivity contribution is 5.67. The number of carbonyl (C=O) groups excluding carboxylic acids is 1. The zero-order valence-electron chi connectivity index (χ0n) is 12.5. The first-order valence-corrected chi connectivity index (χ1v) is 7.39. The Morgan fingerprint density at radius 1 is 1.32 bits per heavy atom. The fourth-order valence-corrected chi connectivity index (χ4v) is 2.30. The highest BCUT2D eigenvalue weighted by atomic mass is 16.5. The van der Waals surface area contributed by atoms with E-state index in [2.05, 4.69) is 5.32 Å². The van der Waals surface area contributed by atoms with Gasteiger partial charge in [0.1, 0.15) is 0 Å². The molecule has 1 N–H and O–H groups in total. The van der Waals surface area contributed by atoms with Crippen LogP contribution in [-0.4, -0.2) is 22.1 Å². The van der Waals surface area contributed by atoms with Crippen molar-refractivity contribution in [2.75, 3.05) is 6.61 Å². The molecule has 0 unspecified atom stereocenters. The smallest absolute Gasteiger partial charge is 0.407 e. The van der Waals surface area contributed by atoms with Crippen LogP contribution in [0.2, 0.25) is 0 Å². The molecule has 1 amide bonds. The average Bonchev–Trinajstić information content (AvgIpc) is 3.30. The molecular formula is C16H19N3O3. The molecule has 1 fully saturated rings. The van der Waals surface area contributed by atoms with Crippen molar-refractivity contribution < 1.29 is 9.53 Å². The summed E-state index contributed by atoms with van der Waals surface area (Å²) in [5.41, 5.74) is 1.38. The number of ether oxygens (including phenoxy) is 1. The molecule has 6 heteroatoms. The van der Waals surface area contributed by atoms with Crippen LogP contribution in [0.5, 0.6) is 0 Å².